The summed E-state index contributed by atoms with van der Waals surface area (Å²) in [6.07, 6.45) is 14.6. The summed E-state index contributed by atoms with van der Waals surface area (Å²) in [7, 11) is 0. The zero-order valence-electron chi connectivity index (χ0n) is 18.4. The average Bonchev–Trinajstić information content (AvgIpc) is 2.64. The Hall–Kier alpha value is -0.760. The van der Waals surface area contributed by atoms with Crippen LogP contribution in [0.2, 0.25) is 0 Å². The van der Waals surface area contributed by atoms with Gasteiger partial charge in [-0.2, -0.15) is 0 Å². The van der Waals surface area contributed by atoms with Crippen LogP contribution in [0.3, 0.4) is 0 Å². The quantitative estimate of drug-likeness (QED) is 0.190. The van der Waals surface area contributed by atoms with Crippen LogP contribution in [-0.2, 0) is 4.74 Å². The van der Waals surface area contributed by atoms with Crippen molar-refractivity contribution in [1.82, 2.24) is 5.32 Å². The highest BCUT2D eigenvalue weighted by Crippen LogP contribution is 2.25. The van der Waals surface area contributed by atoms with Gasteiger partial charge in [-0.1, -0.05) is 72.1 Å². The molecule has 0 spiro atoms. The second-order valence-electron chi connectivity index (χ2n) is 8.22. The van der Waals surface area contributed by atoms with E-state index < -0.39 is 0 Å². The minimum absolute atomic E-state index is 0.344. The third-order valence-electron chi connectivity index (χ3n) is 5.67. The summed E-state index contributed by atoms with van der Waals surface area (Å²) in [4.78, 5) is 0. The van der Waals surface area contributed by atoms with Gasteiger partial charge in [-0.25, -0.2) is 0 Å². The molecule has 2 nitrogen and oxygen atoms in total. The van der Waals surface area contributed by atoms with Crippen molar-refractivity contribution < 1.29 is 4.74 Å². The first kappa shape index (κ1) is 25.2. The summed E-state index contributed by atoms with van der Waals surface area (Å²) >= 11 is 0. The summed E-state index contributed by atoms with van der Waals surface area (Å²) in [5.41, 5.74) is 2.91. The molecule has 0 amide bonds. The van der Waals surface area contributed by atoms with E-state index in [1.807, 2.05) is 0 Å². The van der Waals surface area contributed by atoms with E-state index >= 15 is 0 Å². The lowest BCUT2D eigenvalue weighted by Crippen LogP contribution is -2.21. The van der Waals surface area contributed by atoms with Gasteiger partial charge >= 0.3 is 0 Å². The van der Waals surface area contributed by atoms with Crippen LogP contribution < -0.4 is 5.32 Å². The van der Waals surface area contributed by atoms with Gasteiger partial charge in [0.05, 0.1) is 13.2 Å². The van der Waals surface area contributed by atoms with Crippen LogP contribution >= 0.6 is 0 Å². The molecule has 0 aliphatic heterocycles. The first-order valence-electron chi connectivity index (χ1n) is 11.1. The van der Waals surface area contributed by atoms with Crippen LogP contribution in [0.5, 0.6) is 0 Å². The molecule has 2 heteroatoms. The first-order chi connectivity index (χ1) is 12.5. The average molecular weight is 366 g/mol. The van der Waals surface area contributed by atoms with Gasteiger partial charge < -0.3 is 10.1 Å². The zero-order valence-corrected chi connectivity index (χ0v) is 18.4. The second kappa shape index (κ2) is 16.4. The van der Waals surface area contributed by atoms with E-state index in [-0.39, 0.29) is 0 Å². The van der Waals surface area contributed by atoms with Gasteiger partial charge in [0.1, 0.15) is 0 Å². The molecular weight excluding hydrogens is 318 g/mol. The van der Waals surface area contributed by atoms with E-state index in [2.05, 4.69) is 46.2 Å². The molecule has 0 rings (SSSR count). The molecule has 0 aromatic rings. The van der Waals surface area contributed by atoms with Crippen molar-refractivity contribution in [2.24, 2.45) is 5.41 Å². The molecule has 0 aromatic heterocycles. The summed E-state index contributed by atoms with van der Waals surface area (Å²) in [6.45, 7) is 20.2. The molecule has 0 radical (unpaired) electrons. The number of unbranched alkanes of at least 4 members (excludes halogenated alkanes) is 5. The molecule has 0 fully saturated rings. The summed E-state index contributed by atoms with van der Waals surface area (Å²) in [6, 6.07) is 0. The van der Waals surface area contributed by atoms with Gasteiger partial charge in [0.15, 0.2) is 0 Å². The molecule has 26 heavy (non-hydrogen) atoms. The minimum atomic E-state index is 0.344. The van der Waals surface area contributed by atoms with Crippen LogP contribution in [0.15, 0.2) is 24.4 Å². The van der Waals surface area contributed by atoms with E-state index in [4.69, 9.17) is 4.74 Å². The van der Waals surface area contributed by atoms with Gasteiger partial charge in [-0.3, -0.25) is 0 Å². The molecule has 1 N–H and O–H groups in total. The highest BCUT2D eigenvalue weighted by molar-refractivity contribution is 4.93. The molecule has 0 unspecified atom stereocenters. The molecule has 0 saturated heterocycles. The fourth-order valence-corrected chi connectivity index (χ4v) is 2.91. The van der Waals surface area contributed by atoms with Crippen molar-refractivity contribution >= 4 is 0 Å². The monoisotopic (exact) mass is 365 g/mol. The van der Waals surface area contributed by atoms with Crippen molar-refractivity contribution in [3.8, 4) is 0 Å². The molecule has 0 bridgehead atoms. The van der Waals surface area contributed by atoms with Gasteiger partial charge in [0.2, 0.25) is 0 Å². The zero-order chi connectivity index (χ0) is 19.7. The van der Waals surface area contributed by atoms with Crippen molar-refractivity contribution in [1.29, 1.82) is 0 Å². The Balaban J connectivity index is 3.45. The smallest absolute Gasteiger partial charge is 0.0519 e. The lowest BCUT2D eigenvalue weighted by Gasteiger charge is -2.26. The largest absolute Gasteiger partial charge is 0.389 e. The van der Waals surface area contributed by atoms with E-state index in [1.165, 1.54) is 69.1 Å². The maximum atomic E-state index is 5.89. The Bertz CT molecular complexity index is 357. The predicted molar refractivity (Wildman–Crippen MR) is 118 cm³/mol. The Morgan fingerprint density at radius 3 is 2.15 bits per heavy atom. The summed E-state index contributed by atoms with van der Waals surface area (Å²) in [5.74, 6) is 0. The molecule has 0 aromatic carbocycles. The standard InChI is InChI=1S/C24H47NO/c1-7-10-13-17-23(5)25-19-15-12-11-14-16-22(4)18-20-26-21-24(6,8-2)9-3/h25H,4-5,7-21H2,1-3,6H3. The Morgan fingerprint density at radius 1 is 0.846 bits per heavy atom. The Labute approximate surface area is 164 Å². The molecule has 0 aliphatic carbocycles. The second-order valence-corrected chi connectivity index (χ2v) is 8.22. The van der Waals surface area contributed by atoms with Crippen molar-refractivity contribution in [2.45, 2.75) is 105 Å². The van der Waals surface area contributed by atoms with Crippen molar-refractivity contribution in [3.63, 3.8) is 0 Å². The number of allylic oxidation sites excluding steroid dienone is 1. The van der Waals surface area contributed by atoms with E-state index in [0.717, 1.165) is 39.0 Å². The van der Waals surface area contributed by atoms with Crippen molar-refractivity contribution in [3.05, 3.63) is 24.4 Å². The molecule has 0 heterocycles. The van der Waals surface area contributed by atoms with E-state index in [0.29, 0.717) is 5.41 Å². The Morgan fingerprint density at radius 2 is 1.50 bits per heavy atom. The molecule has 154 valence electrons. The van der Waals surface area contributed by atoms with Crippen LogP contribution in [0, 0.1) is 5.41 Å². The molecule has 0 saturated carbocycles. The van der Waals surface area contributed by atoms with Gasteiger partial charge in [-0.15, -0.1) is 0 Å². The SMILES string of the molecule is C=C(CCCCCCNC(=C)CCCCC)CCOCC(C)(CC)CC. The number of ether oxygens (including phenoxy) is 1. The highest BCUT2D eigenvalue weighted by atomic mass is 16.5. The topological polar surface area (TPSA) is 21.3 Å². The van der Waals surface area contributed by atoms with Crippen LogP contribution in [-0.4, -0.2) is 19.8 Å². The minimum Gasteiger partial charge on any atom is -0.389 e. The number of hydrogen-bond donors (Lipinski definition) is 1. The van der Waals surface area contributed by atoms with Gasteiger partial charge in [-0.05, 0) is 56.8 Å². The normalized spacial score (nSPS) is 11.5. The third-order valence-corrected chi connectivity index (χ3v) is 5.67. The third kappa shape index (κ3) is 14.4. The molecule has 0 atom stereocenters. The first-order valence-corrected chi connectivity index (χ1v) is 11.1. The highest BCUT2D eigenvalue weighted by Gasteiger charge is 2.19. The summed E-state index contributed by atoms with van der Waals surface area (Å²) in [5, 5.41) is 3.47. The van der Waals surface area contributed by atoms with Crippen LogP contribution in [0.1, 0.15) is 105 Å². The number of rotatable bonds is 19. The predicted octanol–water partition coefficient (Wildman–Crippen LogP) is 7.41. The lowest BCUT2D eigenvalue weighted by atomic mass is 9.86. The fraction of sp³-hybridized carbons (Fsp3) is 0.833. The van der Waals surface area contributed by atoms with E-state index in [9.17, 15) is 0 Å². The van der Waals surface area contributed by atoms with Crippen LogP contribution in [0.25, 0.3) is 0 Å². The lowest BCUT2D eigenvalue weighted by molar-refractivity contribution is 0.0498. The summed E-state index contributed by atoms with van der Waals surface area (Å²) < 4.78 is 5.89. The van der Waals surface area contributed by atoms with Crippen molar-refractivity contribution in [2.75, 3.05) is 19.8 Å². The number of nitrogens with one attached hydrogen (secondary N) is 1. The maximum absolute atomic E-state index is 5.89. The van der Waals surface area contributed by atoms with Crippen LogP contribution in [0.4, 0.5) is 0 Å². The molecule has 0 aliphatic rings. The maximum Gasteiger partial charge on any atom is 0.0519 e. The van der Waals surface area contributed by atoms with Gasteiger partial charge in [0, 0.05) is 12.2 Å². The number of hydrogen-bond acceptors (Lipinski definition) is 2. The van der Waals surface area contributed by atoms with E-state index in [1.54, 1.807) is 0 Å². The Kier molecular flexibility index (Phi) is 15.9. The molecular formula is C24H47NO. The van der Waals surface area contributed by atoms with Gasteiger partial charge in [0.25, 0.3) is 0 Å². The fourth-order valence-electron chi connectivity index (χ4n) is 2.91.